The lowest BCUT2D eigenvalue weighted by atomic mass is 10.0. The molecule has 3 heterocycles. The molecule has 3 aromatic rings. The third-order valence-electron chi connectivity index (χ3n) is 3.34. The number of hydrogen-bond donors (Lipinski definition) is 1. The Morgan fingerprint density at radius 1 is 1.24 bits per heavy atom. The van der Waals surface area contributed by atoms with Gasteiger partial charge in [-0.25, -0.2) is 19.9 Å². The van der Waals surface area contributed by atoms with E-state index < -0.39 is 0 Å². The summed E-state index contributed by atoms with van der Waals surface area (Å²) in [7, 11) is 1.81. The second-order valence-electron chi connectivity index (χ2n) is 4.62. The first-order valence-electron chi connectivity index (χ1n) is 6.70. The highest BCUT2D eigenvalue weighted by Crippen LogP contribution is 2.24. The molecule has 6 heteroatoms. The number of anilines is 1. The summed E-state index contributed by atoms with van der Waals surface area (Å²) in [5, 5.41) is 2.95. The van der Waals surface area contributed by atoms with Gasteiger partial charge in [0.1, 0.15) is 0 Å². The summed E-state index contributed by atoms with van der Waals surface area (Å²) in [6.07, 6.45) is 11.3. The van der Waals surface area contributed by atoms with Crippen molar-refractivity contribution in [1.82, 2.24) is 24.3 Å². The predicted molar refractivity (Wildman–Crippen MR) is 82.1 cm³/mol. The number of fused-ring (bicyclic) bond motifs is 1. The van der Waals surface area contributed by atoms with Crippen molar-refractivity contribution >= 4 is 17.3 Å². The van der Waals surface area contributed by atoms with E-state index in [2.05, 4.69) is 25.3 Å². The first kappa shape index (κ1) is 13.2. The molecule has 0 aliphatic heterocycles. The number of imidazole rings is 1. The standard InChI is InChI=1S/C15H16N6/c1-4-12(13-8-18-14(16-3)20-10(13)2)11-7-19-15-17-5-6-21(15)9-11/h4-9H,1-3H3,(H,16,18,20)/b12-4-. The number of rotatable bonds is 3. The maximum absolute atomic E-state index is 4.44. The number of aromatic nitrogens is 5. The van der Waals surface area contributed by atoms with Crippen LogP contribution in [0.25, 0.3) is 11.4 Å². The molecule has 0 amide bonds. The molecule has 0 spiro atoms. The fourth-order valence-electron chi connectivity index (χ4n) is 2.29. The van der Waals surface area contributed by atoms with Gasteiger partial charge in [-0.05, 0) is 19.4 Å². The van der Waals surface area contributed by atoms with Crippen LogP contribution in [0.4, 0.5) is 5.95 Å². The normalized spacial score (nSPS) is 11.9. The summed E-state index contributed by atoms with van der Waals surface area (Å²) in [4.78, 5) is 17.3. The molecule has 0 radical (unpaired) electrons. The fourth-order valence-corrected chi connectivity index (χ4v) is 2.29. The highest BCUT2D eigenvalue weighted by Gasteiger charge is 2.11. The maximum Gasteiger partial charge on any atom is 0.233 e. The van der Waals surface area contributed by atoms with Gasteiger partial charge in [0.25, 0.3) is 0 Å². The van der Waals surface area contributed by atoms with Crippen molar-refractivity contribution in [3.8, 4) is 0 Å². The summed E-state index contributed by atoms with van der Waals surface area (Å²) in [6, 6.07) is 0. The molecule has 6 nitrogen and oxygen atoms in total. The van der Waals surface area contributed by atoms with E-state index in [-0.39, 0.29) is 0 Å². The van der Waals surface area contributed by atoms with Crippen molar-refractivity contribution in [2.24, 2.45) is 0 Å². The Labute approximate surface area is 122 Å². The Balaban J connectivity index is 2.09. The average molecular weight is 280 g/mol. The molecule has 3 rings (SSSR count). The molecule has 0 aliphatic carbocycles. The summed E-state index contributed by atoms with van der Waals surface area (Å²) in [6.45, 7) is 3.98. The van der Waals surface area contributed by atoms with Crippen molar-refractivity contribution in [3.05, 3.63) is 53.9 Å². The van der Waals surface area contributed by atoms with Crippen LogP contribution >= 0.6 is 0 Å². The van der Waals surface area contributed by atoms with Crippen LogP contribution in [0.5, 0.6) is 0 Å². The Morgan fingerprint density at radius 3 is 2.81 bits per heavy atom. The number of aryl methyl sites for hydroxylation is 1. The minimum atomic E-state index is 0.620. The van der Waals surface area contributed by atoms with E-state index in [0.717, 1.165) is 22.4 Å². The van der Waals surface area contributed by atoms with Gasteiger partial charge < -0.3 is 5.32 Å². The van der Waals surface area contributed by atoms with E-state index in [1.807, 2.05) is 56.2 Å². The average Bonchev–Trinajstić information content (AvgIpc) is 2.97. The van der Waals surface area contributed by atoms with Crippen LogP contribution in [-0.2, 0) is 0 Å². The van der Waals surface area contributed by atoms with Crippen molar-refractivity contribution in [1.29, 1.82) is 0 Å². The van der Waals surface area contributed by atoms with Crippen LogP contribution in [0.3, 0.4) is 0 Å². The van der Waals surface area contributed by atoms with Gasteiger partial charge >= 0.3 is 0 Å². The zero-order valence-electron chi connectivity index (χ0n) is 12.2. The molecular formula is C15H16N6. The second-order valence-corrected chi connectivity index (χ2v) is 4.62. The van der Waals surface area contributed by atoms with Gasteiger partial charge in [-0.3, -0.25) is 4.40 Å². The van der Waals surface area contributed by atoms with Gasteiger partial charge in [0, 0.05) is 49.2 Å². The number of hydrogen-bond acceptors (Lipinski definition) is 5. The Hall–Kier alpha value is -2.76. The zero-order valence-corrected chi connectivity index (χ0v) is 12.2. The summed E-state index contributed by atoms with van der Waals surface area (Å²) >= 11 is 0. The number of nitrogens with zero attached hydrogens (tertiary/aromatic N) is 5. The molecule has 0 aromatic carbocycles. The Kier molecular flexibility index (Phi) is 3.35. The van der Waals surface area contributed by atoms with E-state index in [0.29, 0.717) is 11.7 Å². The maximum atomic E-state index is 4.44. The van der Waals surface area contributed by atoms with E-state index in [1.54, 1.807) is 6.20 Å². The molecule has 1 N–H and O–H groups in total. The van der Waals surface area contributed by atoms with E-state index >= 15 is 0 Å². The first-order valence-corrected chi connectivity index (χ1v) is 6.70. The fraction of sp³-hybridized carbons (Fsp3) is 0.200. The minimum absolute atomic E-state index is 0.620. The van der Waals surface area contributed by atoms with Crippen LogP contribution in [0.15, 0.2) is 37.1 Å². The zero-order chi connectivity index (χ0) is 14.8. The van der Waals surface area contributed by atoms with Gasteiger partial charge in [-0.2, -0.15) is 0 Å². The van der Waals surface area contributed by atoms with Crippen LogP contribution < -0.4 is 5.32 Å². The highest BCUT2D eigenvalue weighted by atomic mass is 15.1. The van der Waals surface area contributed by atoms with E-state index in [4.69, 9.17) is 0 Å². The van der Waals surface area contributed by atoms with Gasteiger partial charge in [0.05, 0.1) is 5.69 Å². The quantitative estimate of drug-likeness (QED) is 0.797. The molecule has 0 fully saturated rings. The predicted octanol–water partition coefficient (Wildman–Crippen LogP) is 2.32. The van der Waals surface area contributed by atoms with Crippen LogP contribution in [-0.4, -0.2) is 31.4 Å². The molecule has 0 unspecified atom stereocenters. The van der Waals surface area contributed by atoms with Crippen molar-refractivity contribution in [2.75, 3.05) is 12.4 Å². The third-order valence-corrected chi connectivity index (χ3v) is 3.34. The largest absolute Gasteiger partial charge is 0.357 e. The van der Waals surface area contributed by atoms with Gasteiger partial charge in [-0.15, -0.1) is 0 Å². The molecule has 21 heavy (non-hydrogen) atoms. The third kappa shape index (κ3) is 2.35. The lowest BCUT2D eigenvalue weighted by molar-refractivity contribution is 1.07. The summed E-state index contributed by atoms with van der Waals surface area (Å²) in [5.74, 6) is 1.31. The first-order chi connectivity index (χ1) is 10.2. The molecule has 0 aliphatic rings. The van der Waals surface area contributed by atoms with Crippen molar-refractivity contribution in [3.63, 3.8) is 0 Å². The SMILES string of the molecule is C/C=C(/c1cnc2nccn2c1)c1cnc(NC)nc1C. The monoisotopic (exact) mass is 280 g/mol. The molecule has 106 valence electrons. The van der Waals surface area contributed by atoms with Gasteiger partial charge in [0.2, 0.25) is 11.7 Å². The lowest BCUT2D eigenvalue weighted by Gasteiger charge is -2.11. The molecule has 0 saturated carbocycles. The van der Waals surface area contributed by atoms with Gasteiger partial charge in [-0.1, -0.05) is 6.08 Å². The summed E-state index contributed by atoms with van der Waals surface area (Å²) in [5.41, 5.74) is 3.98. The molecule has 0 atom stereocenters. The van der Waals surface area contributed by atoms with Crippen molar-refractivity contribution in [2.45, 2.75) is 13.8 Å². The van der Waals surface area contributed by atoms with E-state index in [9.17, 15) is 0 Å². The topological polar surface area (TPSA) is 68.0 Å². The molecule has 0 saturated heterocycles. The number of allylic oxidation sites excluding steroid dienone is 1. The Morgan fingerprint density at radius 2 is 2.10 bits per heavy atom. The van der Waals surface area contributed by atoms with Crippen LogP contribution in [0.1, 0.15) is 23.7 Å². The van der Waals surface area contributed by atoms with Crippen molar-refractivity contribution < 1.29 is 0 Å². The molecule has 0 bridgehead atoms. The minimum Gasteiger partial charge on any atom is -0.357 e. The van der Waals surface area contributed by atoms with E-state index in [1.165, 1.54) is 0 Å². The second kappa shape index (κ2) is 5.32. The van der Waals surface area contributed by atoms with Crippen LogP contribution in [0, 0.1) is 6.92 Å². The smallest absolute Gasteiger partial charge is 0.233 e. The van der Waals surface area contributed by atoms with Crippen LogP contribution in [0.2, 0.25) is 0 Å². The lowest BCUT2D eigenvalue weighted by Crippen LogP contribution is -2.02. The highest BCUT2D eigenvalue weighted by molar-refractivity contribution is 5.80. The summed E-state index contributed by atoms with van der Waals surface area (Å²) < 4.78 is 1.90. The number of nitrogens with one attached hydrogen (secondary N) is 1. The van der Waals surface area contributed by atoms with Gasteiger partial charge in [0.15, 0.2) is 0 Å². The molecular weight excluding hydrogens is 264 g/mol. The molecule has 3 aromatic heterocycles. The Bertz CT molecular complexity index is 818.